The number of aromatic amines is 1. The first-order valence-electron chi connectivity index (χ1n) is 2.87. The second kappa shape index (κ2) is 2.46. The maximum absolute atomic E-state index is 10.9. The molecule has 0 aliphatic rings. The third kappa shape index (κ3) is 1.21. The van der Waals surface area contributed by atoms with Crippen LogP contribution in [0.1, 0.15) is 11.5 Å². The highest BCUT2D eigenvalue weighted by Crippen LogP contribution is 2.01. The first kappa shape index (κ1) is 7.34. The molecule has 54 valence electrons. The standard InChI is InChI=1S/C6H8N2OS/c1-3-5(10)6(9)8-4(2)7-3/h10H,1-2H3,(H,7,8,9). The topological polar surface area (TPSA) is 45.8 Å². The van der Waals surface area contributed by atoms with Gasteiger partial charge in [0.25, 0.3) is 5.56 Å². The molecule has 0 spiro atoms. The van der Waals surface area contributed by atoms with Gasteiger partial charge < -0.3 is 4.98 Å². The van der Waals surface area contributed by atoms with Crippen LogP contribution in [0.25, 0.3) is 0 Å². The first-order valence-corrected chi connectivity index (χ1v) is 3.32. The van der Waals surface area contributed by atoms with Gasteiger partial charge in [0.05, 0.1) is 10.6 Å². The molecule has 0 unspecified atom stereocenters. The van der Waals surface area contributed by atoms with Crippen LogP contribution in [0.2, 0.25) is 0 Å². The molecule has 1 aromatic heterocycles. The lowest BCUT2D eigenvalue weighted by molar-refractivity contribution is 0.924. The average Bonchev–Trinajstić information content (AvgIpc) is 1.82. The highest BCUT2D eigenvalue weighted by atomic mass is 32.1. The molecule has 0 saturated heterocycles. The summed E-state index contributed by atoms with van der Waals surface area (Å²) >= 11 is 3.95. The van der Waals surface area contributed by atoms with Crippen molar-refractivity contribution in [2.75, 3.05) is 0 Å². The number of hydrogen-bond donors (Lipinski definition) is 2. The predicted octanol–water partition coefficient (Wildman–Crippen LogP) is 0.675. The largest absolute Gasteiger partial charge is 0.310 e. The van der Waals surface area contributed by atoms with Crippen LogP contribution in [0.15, 0.2) is 9.69 Å². The molecule has 0 amide bonds. The average molecular weight is 156 g/mol. The molecule has 1 heterocycles. The second-order valence-corrected chi connectivity index (χ2v) is 2.53. The molecule has 0 aliphatic carbocycles. The van der Waals surface area contributed by atoms with E-state index in [2.05, 4.69) is 22.6 Å². The van der Waals surface area contributed by atoms with E-state index in [1.807, 2.05) is 0 Å². The predicted molar refractivity (Wildman–Crippen MR) is 41.6 cm³/mol. The van der Waals surface area contributed by atoms with Gasteiger partial charge in [0.1, 0.15) is 5.82 Å². The smallest absolute Gasteiger partial charge is 0.264 e. The molecule has 1 rings (SSSR count). The van der Waals surface area contributed by atoms with Crippen LogP contribution in [0.5, 0.6) is 0 Å². The van der Waals surface area contributed by atoms with Gasteiger partial charge in [-0.25, -0.2) is 4.98 Å². The fraction of sp³-hybridized carbons (Fsp3) is 0.333. The minimum Gasteiger partial charge on any atom is -0.310 e. The fourth-order valence-corrected chi connectivity index (χ4v) is 0.826. The third-order valence-electron chi connectivity index (χ3n) is 1.19. The summed E-state index contributed by atoms with van der Waals surface area (Å²) in [4.78, 5) is 17.8. The molecular formula is C6H8N2OS. The normalized spacial score (nSPS) is 9.90. The molecule has 0 bridgehead atoms. The zero-order valence-corrected chi connectivity index (χ0v) is 6.70. The van der Waals surface area contributed by atoms with Crippen molar-refractivity contribution in [1.29, 1.82) is 0 Å². The Morgan fingerprint density at radius 1 is 1.50 bits per heavy atom. The van der Waals surface area contributed by atoms with E-state index >= 15 is 0 Å². The molecule has 0 radical (unpaired) electrons. The molecule has 1 aromatic rings. The quantitative estimate of drug-likeness (QED) is 0.542. The molecule has 0 aromatic carbocycles. The van der Waals surface area contributed by atoms with Gasteiger partial charge >= 0.3 is 0 Å². The Labute approximate surface area is 63.9 Å². The Morgan fingerprint density at radius 3 is 2.60 bits per heavy atom. The van der Waals surface area contributed by atoms with Crippen molar-refractivity contribution in [3.63, 3.8) is 0 Å². The Bertz CT molecular complexity index is 305. The summed E-state index contributed by atoms with van der Waals surface area (Å²) < 4.78 is 0. The van der Waals surface area contributed by atoms with Crippen molar-refractivity contribution in [1.82, 2.24) is 9.97 Å². The Balaban J connectivity index is 3.46. The van der Waals surface area contributed by atoms with Gasteiger partial charge in [-0.1, -0.05) is 0 Å². The molecular weight excluding hydrogens is 148 g/mol. The van der Waals surface area contributed by atoms with Gasteiger partial charge in [0.2, 0.25) is 0 Å². The lowest BCUT2D eigenvalue weighted by atomic mass is 10.4. The van der Waals surface area contributed by atoms with Crippen LogP contribution in [0.3, 0.4) is 0 Å². The minimum atomic E-state index is -0.173. The van der Waals surface area contributed by atoms with Gasteiger partial charge in [0.15, 0.2) is 0 Å². The van der Waals surface area contributed by atoms with E-state index in [4.69, 9.17) is 0 Å². The lowest BCUT2D eigenvalue weighted by Gasteiger charge is -1.96. The molecule has 0 aliphatic heterocycles. The number of H-pyrrole nitrogens is 1. The number of hydrogen-bond acceptors (Lipinski definition) is 3. The van der Waals surface area contributed by atoms with Crippen LogP contribution < -0.4 is 5.56 Å². The number of nitrogens with one attached hydrogen (secondary N) is 1. The van der Waals surface area contributed by atoms with Crippen molar-refractivity contribution in [3.05, 3.63) is 21.9 Å². The Hall–Kier alpha value is -0.770. The molecule has 0 fully saturated rings. The lowest BCUT2D eigenvalue weighted by Crippen LogP contribution is -2.12. The van der Waals surface area contributed by atoms with E-state index in [1.165, 1.54) is 0 Å². The van der Waals surface area contributed by atoms with Gasteiger partial charge in [-0.05, 0) is 13.8 Å². The summed E-state index contributed by atoms with van der Waals surface area (Å²) in [6, 6.07) is 0. The highest BCUT2D eigenvalue weighted by Gasteiger charge is 1.99. The van der Waals surface area contributed by atoms with Crippen molar-refractivity contribution >= 4 is 12.6 Å². The SMILES string of the molecule is Cc1nc(C)c(S)c(=O)[nH]1. The zero-order chi connectivity index (χ0) is 7.72. The van der Waals surface area contributed by atoms with Gasteiger partial charge in [-0.3, -0.25) is 4.79 Å². The van der Waals surface area contributed by atoms with Crippen molar-refractivity contribution in [2.45, 2.75) is 18.7 Å². The summed E-state index contributed by atoms with van der Waals surface area (Å²) in [6.45, 7) is 3.49. The van der Waals surface area contributed by atoms with Gasteiger partial charge in [0, 0.05) is 0 Å². The molecule has 10 heavy (non-hydrogen) atoms. The van der Waals surface area contributed by atoms with Crippen molar-refractivity contribution < 1.29 is 0 Å². The van der Waals surface area contributed by atoms with E-state index in [9.17, 15) is 4.79 Å². The van der Waals surface area contributed by atoms with E-state index in [0.29, 0.717) is 16.4 Å². The van der Waals surface area contributed by atoms with Crippen LogP contribution in [0.4, 0.5) is 0 Å². The maximum Gasteiger partial charge on any atom is 0.264 e. The summed E-state index contributed by atoms with van der Waals surface area (Å²) in [5.41, 5.74) is 0.498. The van der Waals surface area contributed by atoms with E-state index in [0.717, 1.165) is 0 Å². The van der Waals surface area contributed by atoms with E-state index < -0.39 is 0 Å². The Morgan fingerprint density at radius 2 is 2.10 bits per heavy atom. The van der Waals surface area contributed by atoms with Gasteiger partial charge in [-0.15, -0.1) is 12.6 Å². The zero-order valence-electron chi connectivity index (χ0n) is 5.80. The molecule has 4 heteroatoms. The summed E-state index contributed by atoms with van der Waals surface area (Å²) in [7, 11) is 0. The second-order valence-electron chi connectivity index (χ2n) is 2.09. The fourth-order valence-electron chi connectivity index (χ4n) is 0.720. The van der Waals surface area contributed by atoms with Crippen LogP contribution in [0, 0.1) is 13.8 Å². The summed E-state index contributed by atoms with van der Waals surface area (Å²) in [6.07, 6.45) is 0. The summed E-state index contributed by atoms with van der Waals surface area (Å²) in [5, 5.41) is 0. The minimum absolute atomic E-state index is 0.173. The number of aromatic nitrogens is 2. The number of aryl methyl sites for hydroxylation is 2. The maximum atomic E-state index is 10.9. The van der Waals surface area contributed by atoms with E-state index in [1.54, 1.807) is 13.8 Å². The molecule has 0 atom stereocenters. The monoisotopic (exact) mass is 156 g/mol. The summed E-state index contributed by atoms with van der Waals surface area (Å²) in [5.74, 6) is 0.625. The number of thiol groups is 1. The van der Waals surface area contributed by atoms with Crippen LogP contribution in [-0.4, -0.2) is 9.97 Å². The van der Waals surface area contributed by atoms with Crippen molar-refractivity contribution in [3.8, 4) is 0 Å². The van der Waals surface area contributed by atoms with Crippen LogP contribution >= 0.6 is 12.6 Å². The van der Waals surface area contributed by atoms with Crippen LogP contribution in [-0.2, 0) is 0 Å². The molecule has 3 nitrogen and oxygen atoms in total. The van der Waals surface area contributed by atoms with Gasteiger partial charge in [-0.2, -0.15) is 0 Å². The number of nitrogens with zero attached hydrogens (tertiary/aromatic N) is 1. The number of rotatable bonds is 0. The highest BCUT2D eigenvalue weighted by molar-refractivity contribution is 7.80. The molecule has 0 saturated carbocycles. The molecule has 1 N–H and O–H groups in total. The third-order valence-corrected chi connectivity index (χ3v) is 1.71. The Kier molecular flexibility index (Phi) is 1.80. The van der Waals surface area contributed by atoms with E-state index in [-0.39, 0.29) is 5.56 Å². The first-order chi connectivity index (χ1) is 4.61. The van der Waals surface area contributed by atoms with Crippen molar-refractivity contribution in [2.24, 2.45) is 0 Å².